The summed E-state index contributed by atoms with van der Waals surface area (Å²) in [6.07, 6.45) is 0. The van der Waals surface area contributed by atoms with Gasteiger partial charge in [-0.05, 0) is 104 Å². The molecule has 0 aromatic heterocycles. The molecule has 0 saturated carbocycles. The Labute approximate surface area is 255 Å². The summed E-state index contributed by atoms with van der Waals surface area (Å²) in [7, 11) is 0. The Balaban J connectivity index is 1.26. The van der Waals surface area contributed by atoms with E-state index in [1.807, 2.05) is 0 Å². The molecule has 0 fully saturated rings. The highest BCUT2D eigenvalue weighted by Gasteiger charge is 2.17. The molecule has 10 aromatic carbocycles. The highest BCUT2D eigenvalue weighted by atomic mass is 14.2. The summed E-state index contributed by atoms with van der Waals surface area (Å²) in [6, 6.07) is 58.7. The van der Waals surface area contributed by atoms with E-state index in [4.69, 9.17) is 0 Å². The first-order valence-electron chi connectivity index (χ1n) is 15.4. The SMILES string of the molecule is c1ccc(-c2cc(-c3ccc4ccc5cccc6ccc3c4c56)ccc2-c2ccc3ccc4cccc5ccc2c3c45)cc1. The molecule has 10 aromatic rings. The summed E-state index contributed by atoms with van der Waals surface area (Å²) in [4.78, 5) is 0. The van der Waals surface area contributed by atoms with Crippen molar-refractivity contribution in [3.05, 3.63) is 158 Å². The number of hydrogen-bond donors (Lipinski definition) is 0. The molecule has 0 unspecified atom stereocenters. The van der Waals surface area contributed by atoms with Gasteiger partial charge < -0.3 is 0 Å². The molecule has 0 N–H and O–H groups in total. The van der Waals surface area contributed by atoms with Gasteiger partial charge in [0.15, 0.2) is 0 Å². The fourth-order valence-corrected chi connectivity index (χ4v) is 7.76. The third-order valence-corrected chi connectivity index (χ3v) is 9.76. The zero-order chi connectivity index (χ0) is 28.8. The van der Waals surface area contributed by atoms with Gasteiger partial charge in [-0.15, -0.1) is 0 Å². The van der Waals surface area contributed by atoms with E-state index in [2.05, 4.69) is 158 Å². The van der Waals surface area contributed by atoms with Gasteiger partial charge in [0.1, 0.15) is 0 Å². The van der Waals surface area contributed by atoms with Crippen LogP contribution in [0.2, 0.25) is 0 Å². The minimum absolute atomic E-state index is 1.23. The van der Waals surface area contributed by atoms with Crippen LogP contribution in [0.25, 0.3) is 98.0 Å². The van der Waals surface area contributed by atoms with E-state index in [0.29, 0.717) is 0 Å². The van der Waals surface area contributed by atoms with Crippen LogP contribution < -0.4 is 0 Å². The molecule has 0 radical (unpaired) electrons. The van der Waals surface area contributed by atoms with E-state index in [9.17, 15) is 0 Å². The summed E-state index contributed by atoms with van der Waals surface area (Å²) < 4.78 is 0. The van der Waals surface area contributed by atoms with E-state index in [0.717, 1.165) is 0 Å². The molecule has 0 spiro atoms. The van der Waals surface area contributed by atoms with Crippen LogP contribution in [0.5, 0.6) is 0 Å². The van der Waals surface area contributed by atoms with Crippen molar-refractivity contribution in [1.82, 2.24) is 0 Å². The third-order valence-electron chi connectivity index (χ3n) is 9.76. The highest BCUT2D eigenvalue weighted by molar-refractivity contribution is 6.27. The van der Waals surface area contributed by atoms with Crippen LogP contribution in [0.3, 0.4) is 0 Å². The molecule has 0 aliphatic carbocycles. The fourth-order valence-electron chi connectivity index (χ4n) is 7.76. The predicted octanol–water partition coefficient (Wildman–Crippen LogP) is 12.5. The Bertz CT molecular complexity index is 2660. The average molecular weight is 555 g/mol. The Morgan fingerprint density at radius 2 is 0.682 bits per heavy atom. The van der Waals surface area contributed by atoms with Gasteiger partial charge in [0.25, 0.3) is 0 Å². The molecule has 10 rings (SSSR count). The van der Waals surface area contributed by atoms with Gasteiger partial charge in [0, 0.05) is 0 Å². The van der Waals surface area contributed by atoms with Gasteiger partial charge in [-0.25, -0.2) is 0 Å². The molecule has 0 nitrogen and oxygen atoms in total. The largest absolute Gasteiger partial charge is 0.0622 e. The van der Waals surface area contributed by atoms with Crippen LogP contribution in [0.1, 0.15) is 0 Å². The summed E-state index contributed by atoms with van der Waals surface area (Å²) in [6.45, 7) is 0. The van der Waals surface area contributed by atoms with Gasteiger partial charge in [-0.3, -0.25) is 0 Å². The molecule has 0 amide bonds. The van der Waals surface area contributed by atoms with E-state index < -0.39 is 0 Å². The van der Waals surface area contributed by atoms with Crippen molar-refractivity contribution in [2.45, 2.75) is 0 Å². The maximum absolute atomic E-state index is 2.41. The van der Waals surface area contributed by atoms with Crippen LogP contribution in [0.15, 0.2) is 158 Å². The number of benzene rings is 10. The summed E-state index contributed by atoms with van der Waals surface area (Å²) in [5.74, 6) is 0. The van der Waals surface area contributed by atoms with Crippen LogP contribution in [0, 0.1) is 0 Å². The topological polar surface area (TPSA) is 0 Å². The first-order valence-corrected chi connectivity index (χ1v) is 15.4. The van der Waals surface area contributed by atoms with E-state index in [-0.39, 0.29) is 0 Å². The lowest BCUT2D eigenvalue weighted by Crippen LogP contribution is -1.92. The van der Waals surface area contributed by atoms with Gasteiger partial charge in [0.2, 0.25) is 0 Å². The second-order valence-electron chi connectivity index (χ2n) is 12.1. The lowest BCUT2D eigenvalue weighted by molar-refractivity contribution is 1.59. The van der Waals surface area contributed by atoms with Crippen LogP contribution in [-0.4, -0.2) is 0 Å². The van der Waals surface area contributed by atoms with E-state index >= 15 is 0 Å². The van der Waals surface area contributed by atoms with Gasteiger partial charge in [-0.1, -0.05) is 152 Å². The van der Waals surface area contributed by atoms with Crippen LogP contribution >= 0.6 is 0 Å². The summed E-state index contributed by atoms with van der Waals surface area (Å²) in [5.41, 5.74) is 7.53. The van der Waals surface area contributed by atoms with Crippen molar-refractivity contribution < 1.29 is 0 Å². The summed E-state index contributed by atoms with van der Waals surface area (Å²) >= 11 is 0. The van der Waals surface area contributed by atoms with Crippen molar-refractivity contribution in [2.75, 3.05) is 0 Å². The zero-order valence-corrected chi connectivity index (χ0v) is 24.0. The molecule has 0 aliphatic heterocycles. The van der Waals surface area contributed by atoms with Crippen molar-refractivity contribution in [3.63, 3.8) is 0 Å². The van der Waals surface area contributed by atoms with Crippen molar-refractivity contribution in [2.24, 2.45) is 0 Å². The maximum atomic E-state index is 2.41. The molecule has 0 atom stereocenters. The Morgan fingerprint density at radius 1 is 0.227 bits per heavy atom. The monoisotopic (exact) mass is 554 g/mol. The first-order chi connectivity index (χ1) is 21.8. The minimum atomic E-state index is 1.23. The van der Waals surface area contributed by atoms with Crippen LogP contribution in [0.4, 0.5) is 0 Å². The fraction of sp³-hybridized carbons (Fsp3) is 0. The standard InChI is InChI=1S/C44H26/c1-2-6-27(7-3-1)40-26-34(35-21-16-32-14-12-28-8-4-10-30-18-24-38(35)43(32)41(28)30)20-23-37(40)36-22-17-33-15-13-29-9-5-11-31-19-25-39(36)44(33)42(29)31/h1-26H. The number of hydrogen-bond acceptors (Lipinski definition) is 0. The molecule has 0 saturated heterocycles. The number of rotatable bonds is 3. The Kier molecular flexibility index (Phi) is 4.81. The molecule has 0 heteroatoms. The third kappa shape index (κ3) is 3.28. The molecule has 202 valence electrons. The Hall–Kier alpha value is -5.72. The minimum Gasteiger partial charge on any atom is -0.0622 e. The maximum Gasteiger partial charge on any atom is -0.00206 e. The molecular formula is C44H26. The lowest BCUT2D eigenvalue weighted by Gasteiger charge is -2.18. The van der Waals surface area contributed by atoms with Gasteiger partial charge in [-0.2, -0.15) is 0 Å². The zero-order valence-electron chi connectivity index (χ0n) is 24.0. The molecule has 44 heavy (non-hydrogen) atoms. The molecular weight excluding hydrogens is 528 g/mol. The van der Waals surface area contributed by atoms with Gasteiger partial charge >= 0.3 is 0 Å². The second-order valence-corrected chi connectivity index (χ2v) is 12.1. The lowest BCUT2D eigenvalue weighted by atomic mass is 9.85. The van der Waals surface area contributed by atoms with Crippen molar-refractivity contribution >= 4 is 64.6 Å². The summed E-state index contributed by atoms with van der Waals surface area (Å²) in [5, 5.41) is 15.8. The normalized spacial score (nSPS) is 12.1. The van der Waals surface area contributed by atoms with Crippen molar-refractivity contribution in [1.29, 1.82) is 0 Å². The smallest absolute Gasteiger partial charge is 0.00206 e. The molecule has 0 heterocycles. The second kappa shape index (κ2) is 8.89. The molecule has 0 aliphatic rings. The highest BCUT2D eigenvalue weighted by Crippen LogP contribution is 2.45. The average Bonchev–Trinajstić information content (AvgIpc) is 3.10. The van der Waals surface area contributed by atoms with Crippen LogP contribution in [-0.2, 0) is 0 Å². The first kappa shape index (κ1) is 23.8. The Morgan fingerprint density at radius 3 is 1.27 bits per heavy atom. The predicted molar refractivity (Wildman–Crippen MR) is 190 cm³/mol. The van der Waals surface area contributed by atoms with Crippen molar-refractivity contribution in [3.8, 4) is 33.4 Å². The quantitative estimate of drug-likeness (QED) is 0.191. The van der Waals surface area contributed by atoms with E-state index in [1.54, 1.807) is 0 Å². The van der Waals surface area contributed by atoms with E-state index in [1.165, 1.54) is 98.0 Å². The molecule has 0 bridgehead atoms. The van der Waals surface area contributed by atoms with Gasteiger partial charge in [0.05, 0.1) is 0 Å².